The molecule has 116 valence electrons. The number of nitrogens with zero attached hydrogens (tertiary/aromatic N) is 2. The van der Waals surface area contributed by atoms with Gasteiger partial charge in [-0.05, 0) is 32.9 Å². The van der Waals surface area contributed by atoms with Gasteiger partial charge in [0.15, 0.2) is 0 Å². The predicted octanol–water partition coefficient (Wildman–Crippen LogP) is 1.08. The Morgan fingerprint density at radius 2 is 1.90 bits per heavy atom. The summed E-state index contributed by atoms with van der Waals surface area (Å²) in [7, 11) is 0. The minimum atomic E-state index is -4.17. The van der Waals surface area contributed by atoms with Crippen molar-refractivity contribution in [1.29, 1.82) is 0 Å². The second kappa shape index (κ2) is 6.30. The first-order chi connectivity index (χ1) is 9.37. The third-order valence-corrected chi connectivity index (χ3v) is 4.15. The van der Waals surface area contributed by atoms with Crippen molar-refractivity contribution in [2.45, 2.75) is 32.0 Å². The molecule has 1 amide bonds. The van der Waals surface area contributed by atoms with E-state index in [0.717, 1.165) is 25.9 Å². The standard InChI is InChI=1S/C13H22F3N3O/c1-10-8-18(6-7-19(10)9-13(14,15)16)12(20)11-2-4-17-5-3-11/h10-11,17H,2-9H2,1H3/t10-/m1/s1. The first-order valence-corrected chi connectivity index (χ1v) is 7.17. The zero-order valence-corrected chi connectivity index (χ0v) is 11.7. The van der Waals surface area contributed by atoms with Gasteiger partial charge in [-0.3, -0.25) is 9.69 Å². The van der Waals surface area contributed by atoms with Crippen molar-refractivity contribution < 1.29 is 18.0 Å². The molecule has 0 aromatic heterocycles. The van der Waals surface area contributed by atoms with E-state index < -0.39 is 12.7 Å². The molecule has 0 aromatic carbocycles. The number of hydrogen-bond donors (Lipinski definition) is 1. The van der Waals surface area contributed by atoms with Crippen molar-refractivity contribution in [2.75, 3.05) is 39.3 Å². The largest absolute Gasteiger partial charge is 0.401 e. The average molecular weight is 293 g/mol. The van der Waals surface area contributed by atoms with Crippen molar-refractivity contribution in [3.8, 4) is 0 Å². The number of alkyl halides is 3. The molecule has 1 atom stereocenters. The number of piperazine rings is 1. The Hall–Kier alpha value is -0.820. The third-order valence-electron chi connectivity index (χ3n) is 4.15. The van der Waals surface area contributed by atoms with Crippen molar-refractivity contribution in [2.24, 2.45) is 5.92 Å². The van der Waals surface area contributed by atoms with Gasteiger partial charge in [0, 0.05) is 31.6 Å². The van der Waals surface area contributed by atoms with E-state index >= 15 is 0 Å². The molecule has 1 N–H and O–H groups in total. The SMILES string of the molecule is C[C@@H]1CN(C(=O)C2CCNCC2)CCN1CC(F)(F)F. The number of hydrogen-bond acceptors (Lipinski definition) is 3. The Morgan fingerprint density at radius 3 is 2.45 bits per heavy atom. The molecular weight excluding hydrogens is 271 g/mol. The lowest BCUT2D eigenvalue weighted by molar-refractivity contribution is -0.158. The molecule has 2 saturated heterocycles. The van der Waals surface area contributed by atoms with Crippen molar-refractivity contribution >= 4 is 5.91 Å². The van der Waals surface area contributed by atoms with Gasteiger partial charge in [-0.1, -0.05) is 0 Å². The van der Waals surface area contributed by atoms with Gasteiger partial charge in [-0.2, -0.15) is 13.2 Å². The van der Waals surface area contributed by atoms with Gasteiger partial charge < -0.3 is 10.2 Å². The van der Waals surface area contributed by atoms with Crippen molar-refractivity contribution in [3.05, 3.63) is 0 Å². The number of piperidine rings is 1. The van der Waals surface area contributed by atoms with Crippen LogP contribution in [0.15, 0.2) is 0 Å². The summed E-state index contributed by atoms with van der Waals surface area (Å²) in [5, 5.41) is 3.21. The highest BCUT2D eigenvalue weighted by atomic mass is 19.4. The molecule has 2 fully saturated rings. The molecular formula is C13H22F3N3O. The van der Waals surface area contributed by atoms with Crippen LogP contribution < -0.4 is 5.32 Å². The normalized spacial score (nSPS) is 26.8. The summed E-state index contributed by atoms with van der Waals surface area (Å²) in [6.07, 6.45) is -2.51. The van der Waals surface area contributed by atoms with Crippen LogP contribution in [0.5, 0.6) is 0 Å². The quantitative estimate of drug-likeness (QED) is 0.827. The lowest BCUT2D eigenvalue weighted by Crippen LogP contribution is -2.57. The van der Waals surface area contributed by atoms with E-state index in [1.54, 1.807) is 11.8 Å². The van der Waals surface area contributed by atoms with Crippen LogP contribution in [-0.4, -0.2) is 67.2 Å². The van der Waals surface area contributed by atoms with Gasteiger partial charge >= 0.3 is 6.18 Å². The minimum absolute atomic E-state index is 0.0395. The van der Waals surface area contributed by atoms with Crippen LogP contribution >= 0.6 is 0 Å². The zero-order valence-electron chi connectivity index (χ0n) is 11.7. The number of rotatable bonds is 2. The summed E-state index contributed by atoms with van der Waals surface area (Å²) >= 11 is 0. The molecule has 2 heterocycles. The monoisotopic (exact) mass is 293 g/mol. The van der Waals surface area contributed by atoms with E-state index in [9.17, 15) is 18.0 Å². The minimum Gasteiger partial charge on any atom is -0.340 e. The maximum atomic E-state index is 12.4. The molecule has 0 unspecified atom stereocenters. The smallest absolute Gasteiger partial charge is 0.340 e. The number of halogens is 3. The van der Waals surface area contributed by atoms with Crippen molar-refractivity contribution in [1.82, 2.24) is 15.1 Å². The van der Waals surface area contributed by atoms with Crippen LogP contribution in [0.1, 0.15) is 19.8 Å². The highest BCUT2D eigenvalue weighted by Gasteiger charge is 2.37. The fourth-order valence-corrected chi connectivity index (χ4v) is 2.99. The Kier molecular flexibility index (Phi) is 4.90. The summed E-state index contributed by atoms with van der Waals surface area (Å²) in [5.41, 5.74) is 0. The predicted molar refractivity (Wildman–Crippen MR) is 69.3 cm³/mol. The Balaban J connectivity index is 1.86. The van der Waals surface area contributed by atoms with Gasteiger partial charge in [0.25, 0.3) is 0 Å². The van der Waals surface area contributed by atoms with E-state index in [-0.39, 0.29) is 17.9 Å². The Morgan fingerprint density at radius 1 is 1.25 bits per heavy atom. The number of nitrogens with one attached hydrogen (secondary N) is 1. The van der Waals surface area contributed by atoms with Crippen LogP contribution in [0, 0.1) is 5.92 Å². The molecule has 2 aliphatic heterocycles. The lowest BCUT2D eigenvalue weighted by atomic mass is 9.96. The highest BCUT2D eigenvalue weighted by Crippen LogP contribution is 2.22. The maximum absolute atomic E-state index is 12.4. The molecule has 0 aromatic rings. The van der Waals surface area contributed by atoms with Crippen LogP contribution in [0.25, 0.3) is 0 Å². The van der Waals surface area contributed by atoms with Gasteiger partial charge in [-0.25, -0.2) is 0 Å². The first-order valence-electron chi connectivity index (χ1n) is 7.17. The molecule has 0 radical (unpaired) electrons. The maximum Gasteiger partial charge on any atom is 0.401 e. The van der Waals surface area contributed by atoms with Gasteiger partial charge in [-0.15, -0.1) is 0 Å². The van der Waals surface area contributed by atoms with Gasteiger partial charge in [0.2, 0.25) is 5.91 Å². The fraction of sp³-hybridized carbons (Fsp3) is 0.923. The van der Waals surface area contributed by atoms with Crippen molar-refractivity contribution in [3.63, 3.8) is 0 Å². The summed E-state index contributed by atoms with van der Waals surface area (Å²) in [4.78, 5) is 15.5. The third kappa shape index (κ3) is 4.09. The van der Waals surface area contributed by atoms with E-state index in [0.29, 0.717) is 19.6 Å². The summed E-state index contributed by atoms with van der Waals surface area (Å²) in [6.45, 7) is 3.68. The van der Waals surface area contributed by atoms with Gasteiger partial charge in [0.1, 0.15) is 0 Å². The van der Waals surface area contributed by atoms with E-state index in [1.807, 2.05) is 0 Å². The molecule has 0 bridgehead atoms. The fourth-order valence-electron chi connectivity index (χ4n) is 2.99. The summed E-state index contributed by atoms with van der Waals surface area (Å²) in [5.74, 6) is 0.155. The molecule has 4 nitrogen and oxygen atoms in total. The molecule has 2 rings (SSSR count). The van der Waals surface area contributed by atoms with Crippen LogP contribution in [0.4, 0.5) is 13.2 Å². The second-order valence-corrected chi connectivity index (χ2v) is 5.74. The molecule has 0 aliphatic carbocycles. The number of amides is 1. The van der Waals surface area contributed by atoms with E-state index in [4.69, 9.17) is 0 Å². The van der Waals surface area contributed by atoms with Crippen LogP contribution in [0.2, 0.25) is 0 Å². The van der Waals surface area contributed by atoms with Crippen LogP contribution in [0.3, 0.4) is 0 Å². The van der Waals surface area contributed by atoms with Gasteiger partial charge in [0.05, 0.1) is 6.54 Å². The van der Waals surface area contributed by atoms with E-state index in [1.165, 1.54) is 4.90 Å². The summed E-state index contributed by atoms with van der Waals surface area (Å²) < 4.78 is 37.3. The first kappa shape index (κ1) is 15.6. The zero-order chi connectivity index (χ0) is 14.8. The molecule has 7 heteroatoms. The Bertz CT molecular complexity index is 342. The Labute approximate surface area is 117 Å². The molecule has 20 heavy (non-hydrogen) atoms. The lowest BCUT2D eigenvalue weighted by Gasteiger charge is -2.41. The highest BCUT2D eigenvalue weighted by molar-refractivity contribution is 5.79. The average Bonchev–Trinajstić information content (AvgIpc) is 2.40. The number of carbonyl (C=O) groups excluding carboxylic acids is 1. The number of carbonyl (C=O) groups is 1. The molecule has 2 aliphatic rings. The topological polar surface area (TPSA) is 35.6 Å². The second-order valence-electron chi connectivity index (χ2n) is 5.74. The molecule has 0 spiro atoms. The van der Waals surface area contributed by atoms with Crippen LogP contribution in [-0.2, 0) is 4.79 Å². The van der Waals surface area contributed by atoms with E-state index in [2.05, 4.69) is 5.32 Å². The summed E-state index contributed by atoms with van der Waals surface area (Å²) in [6, 6.07) is -0.240. The molecule has 0 saturated carbocycles.